The summed E-state index contributed by atoms with van der Waals surface area (Å²) in [7, 11) is 0. The third kappa shape index (κ3) is 6.80. The summed E-state index contributed by atoms with van der Waals surface area (Å²) in [6.07, 6.45) is -0.647. The van der Waals surface area contributed by atoms with Crippen molar-refractivity contribution < 1.29 is 19.1 Å². The molecule has 7 nitrogen and oxygen atoms in total. The van der Waals surface area contributed by atoms with Crippen LogP contribution in [0.5, 0.6) is 0 Å². The number of aryl methyl sites for hydroxylation is 2. The van der Waals surface area contributed by atoms with Crippen LogP contribution < -0.4 is 10.6 Å². The van der Waals surface area contributed by atoms with E-state index in [1.165, 1.54) is 0 Å². The largest absolute Gasteiger partial charge is 0.444 e. The number of amides is 2. The zero-order chi connectivity index (χ0) is 20.9. The number of hydrogen-bond donors (Lipinski definition) is 2. The number of hydrogen-bond acceptors (Lipinski definition) is 5. The lowest BCUT2D eigenvalue weighted by atomic mass is 10.1. The summed E-state index contributed by atoms with van der Waals surface area (Å²) >= 11 is 0. The second-order valence-electron chi connectivity index (χ2n) is 8.35. The van der Waals surface area contributed by atoms with Crippen LogP contribution in [0.2, 0.25) is 0 Å². The van der Waals surface area contributed by atoms with Gasteiger partial charge in [-0.2, -0.15) is 0 Å². The first kappa shape index (κ1) is 22.2. The molecule has 1 aromatic rings. The number of carbonyl (C=O) groups excluding carboxylic acids is 2. The molecule has 0 bridgehead atoms. The first-order valence-corrected chi connectivity index (χ1v) is 9.76. The average molecular weight is 392 g/mol. The fourth-order valence-corrected chi connectivity index (χ4v) is 3.09. The minimum Gasteiger partial charge on any atom is -0.444 e. The summed E-state index contributed by atoms with van der Waals surface area (Å²) in [5.41, 5.74) is 2.50. The van der Waals surface area contributed by atoms with Gasteiger partial charge in [0.1, 0.15) is 5.60 Å². The molecule has 2 N–H and O–H groups in total. The number of benzene rings is 1. The molecule has 1 aliphatic heterocycles. The number of alkyl carbamates (subject to hydrolysis) is 1. The van der Waals surface area contributed by atoms with Gasteiger partial charge in [0.2, 0.25) is 5.91 Å². The topological polar surface area (TPSA) is 79.9 Å². The lowest BCUT2D eigenvalue weighted by Gasteiger charge is -2.36. The van der Waals surface area contributed by atoms with E-state index in [4.69, 9.17) is 9.47 Å². The van der Waals surface area contributed by atoms with Crippen LogP contribution in [-0.4, -0.2) is 60.9 Å². The zero-order valence-corrected chi connectivity index (χ0v) is 17.8. The van der Waals surface area contributed by atoms with Crippen molar-refractivity contribution in [2.45, 2.75) is 59.3 Å². The molecule has 1 aliphatic rings. The molecule has 0 radical (unpaired) electrons. The molecule has 2 amide bonds. The van der Waals surface area contributed by atoms with E-state index in [1.54, 1.807) is 0 Å². The van der Waals surface area contributed by atoms with Gasteiger partial charge in [-0.15, -0.1) is 0 Å². The summed E-state index contributed by atoms with van der Waals surface area (Å²) in [6, 6.07) is 5.67. The van der Waals surface area contributed by atoms with E-state index < -0.39 is 11.7 Å². The Labute approximate surface area is 167 Å². The standard InChI is InChI=1S/C21H33N3O4/c1-14-7-8-18(15(2)11-14)23-19(25)16(3)24-9-10-27-17(13-24)12-22-20(26)28-21(4,5)6/h7-8,11,16-17H,9-10,12-13H2,1-6H3,(H,22,26)(H,23,25)/t16-,17+/m0/s1. The summed E-state index contributed by atoms with van der Waals surface area (Å²) in [6.45, 7) is 13.5. The Kier molecular flexibility index (Phi) is 7.43. The second-order valence-corrected chi connectivity index (χ2v) is 8.35. The second kappa shape index (κ2) is 9.39. The summed E-state index contributed by atoms with van der Waals surface area (Å²) in [4.78, 5) is 26.6. The van der Waals surface area contributed by atoms with Gasteiger partial charge in [0, 0.05) is 25.3 Å². The molecule has 0 spiro atoms. The van der Waals surface area contributed by atoms with Gasteiger partial charge in [-0.25, -0.2) is 4.79 Å². The lowest BCUT2D eigenvalue weighted by molar-refractivity contribution is -0.124. The summed E-state index contributed by atoms with van der Waals surface area (Å²) in [5.74, 6) is -0.0484. The van der Waals surface area contributed by atoms with E-state index in [-0.39, 0.29) is 18.1 Å². The highest BCUT2D eigenvalue weighted by Crippen LogP contribution is 2.17. The SMILES string of the molecule is Cc1ccc(NC(=O)[C@H](C)N2CCO[C@H](CNC(=O)OC(C)(C)C)C2)c(C)c1. The minimum absolute atomic E-state index is 0.0484. The third-order valence-corrected chi connectivity index (χ3v) is 4.61. The van der Waals surface area contributed by atoms with Crippen LogP contribution in [0.15, 0.2) is 18.2 Å². The van der Waals surface area contributed by atoms with Gasteiger partial charge in [0.15, 0.2) is 0 Å². The lowest BCUT2D eigenvalue weighted by Crippen LogP contribution is -2.53. The molecule has 1 aromatic carbocycles. The number of nitrogens with one attached hydrogen (secondary N) is 2. The number of morpholine rings is 1. The molecular weight excluding hydrogens is 358 g/mol. The van der Waals surface area contributed by atoms with Gasteiger partial charge in [-0.3, -0.25) is 9.69 Å². The molecular formula is C21H33N3O4. The highest BCUT2D eigenvalue weighted by Gasteiger charge is 2.28. The molecule has 156 valence electrons. The van der Waals surface area contributed by atoms with E-state index in [1.807, 2.05) is 59.7 Å². The van der Waals surface area contributed by atoms with Crippen LogP contribution in [0.1, 0.15) is 38.8 Å². The van der Waals surface area contributed by atoms with Crippen LogP contribution in [-0.2, 0) is 14.3 Å². The average Bonchev–Trinajstić information content (AvgIpc) is 2.60. The third-order valence-electron chi connectivity index (χ3n) is 4.61. The normalized spacial score (nSPS) is 19.0. The fourth-order valence-electron chi connectivity index (χ4n) is 3.09. The van der Waals surface area contributed by atoms with E-state index >= 15 is 0 Å². The Hall–Kier alpha value is -2.12. The Balaban J connectivity index is 1.86. The highest BCUT2D eigenvalue weighted by atomic mass is 16.6. The number of anilines is 1. The number of nitrogens with zero attached hydrogens (tertiary/aromatic N) is 1. The van der Waals surface area contributed by atoms with Crippen LogP contribution >= 0.6 is 0 Å². The maximum Gasteiger partial charge on any atom is 0.407 e. The van der Waals surface area contributed by atoms with Crippen molar-refractivity contribution in [1.29, 1.82) is 0 Å². The van der Waals surface area contributed by atoms with Crippen molar-refractivity contribution in [2.75, 3.05) is 31.6 Å². The monoisotopic (exact) mass is 391 g/mol. The number of carbonyl (C=O) groups is 2. The van der Waals surface area contributed by atoms with E-state index in [0.29, 0.717) is 26.2 Å². The van der Waals surface area contributed by atoms with Gasteiger partial charge in [0.05, 0.1) is 18.8 Å². The van der Waals surface area contributed by atoms with Crippen molar-refractivity contribution in [3.63, 3.8) is 0 Å². The number of ether oxygens (including phenoxy) is 2. The van der Waals surface area contributed by atoms with Crippen molar-refractivity contribution >= 4 is 17.7 Å². The van der Waals surface area contributed by atoms with Crippen molar-refractivity contribution in [2.24, 2.45) is 0 Å². The van der Waals surface area contributed by atoms with Gasteiger partial charge < -0.3 is 20.1 Å². The molecule has 2 rings (SSSR count). The smallest absolute Gasteiger partial charge is 0.407 e. The van der Waals surface area contributed by atoms with Gasteiger partial charge >= 0.3 is 6.09 Å². The minimum atomic E-state index is -0.537. The Morgan fingerprint density at radius 2 is 2.04 bits per heavy atom. The van der Waals surface area contributed by atoms with Crippen LogP contribution in [0.25, 0.3) is 0 Å². The van der Waals surface area contributed by atoms with Crippen molar-refractivity contribution in [3.05, 3.63) is 29.3 Å². The van der Waals surface area contributed by atoms with Crippen LogP contribution in [0, 0.1) is 13.8 Å². The predicted octanol–water partition coefficient (Wildman–Crippen LogP) is 2.86. The molecule has 2 atom stereocenters. The van der Waals surface area contributed by atoms with Crippen LogP contribution in [0.3, 0.4) is 0 Å². The molecule has 0 unspecified atom stereocenters. The van der Waals surface area contributed by atoms with E-state index in [9.17, 15) is 9.59 Å². The molecule has 1 saturated heterocycles. The Bertz CT molecular complexity index is 699. The highest BCUT2D eigenvalue weighted by molar-refractivity contribution is 5.95. The summed E-state index contributed by atoms with van der Waals surface area (Å²) in [5, 5.41) is 5.75. The Morgan fingerprint density at radius 1 is 1.32 bits per heavy atom. The first-order chi connectivity index (χ1) is 13.0. The van der Waals surface area contributed by atoms with E-state index in [0.717, 1.165) is 16.8 Å². The molecule has 0 aromatic heterocycles. The van der Waals surface area contributed by atoms with Crippen LogP contribution in [0.4, 0.5) is 10.5 Å². The van der Waals surface area contributed by atoms with Gasteiger partial charge in [0.25, 0.3) is 0 Å². The maximum absolute atomic E-state index is 12.7. The fraction of sp³-hybridized carbons (Fsp3) is 0.619. The molecule has 1 fully saturated rings. The first-order valence-electron chi connectivity index (χ1n) is 9.76. The van der Waals surface area contributed by atoms with Crippen molar-refractivity contribution in [1.82, 2.24) is 10.2 Å². The maximum atomic E-state index is 12.7. The summed E-state index contributed by atoms with van der Waals surface area (Å²) < 4.78 is 11.0. The van der Waals surface area contributed by atoms with Gasteiger partial charge in [-0.05, 0) is 53.2 Å². The molecule has 0 saturated carbocycles. The van der Waals surface area contributed by atoms with Crippen molar-refractivity contribution in [3.8, 4) is 0 Å². The van der Waals surface area contributed by atoms with E-state index in [2.05, 4.69) is 15.5 Å². The molecule has 7 heteroatoms. The molecule has 1 heterocycles. The quantitative estimate of drug-likeness (QED) is 0.807. The molecule has 0 aliphatic carbocycles. The van der Waals surface area contributed by atoms with Gasteiger partial charge in [-0.1, -0.05) is 17.7 Å². The molecule has 28 heavy (non-hydrogen) atoms. The zero-order valence-electron chi connectivity index (χ0n) is 17.8. The number of rotatable bonds is 5. The Morgan fingerprint density at radius 3 is 2.68 bits per heavy atom. The predicted molar refractivity (Wildman–Crippen MR) is 110 cm³/mol.